The molecule has 0 aliphatic heterocycles. The molecule has 84 valence electrons. The molecule has 0 spiro atoms. The fourth-order valence-corrected chi connectivity index (χ4v) is 2.68. The minimum atomic E-state index is -0.230. The molecule has 0 N–H and O–H groups in total. The van der Waals surface area contributed by atoms with Crippen molar-refractivity contribution in [3.63, 3.8) is 0 Å². The van der Waals surface area contributed by atoms with Crippen molar-refractivity contribution >= 4 is 27.3 Å². The number of aromatic nitrogens is 1. The first-order valence-electron chi connectivity index (χ1n) is 5.10. The lowest BCUT2D eigenvalue weighted by Crippen LogP contribution is -1.86. The van der Waals surface area contributed by atoms with Gasteiger partial charge in [0.05, 0.1) is 5.69 Å². The third-order valence-corrected chi connectivity index (χ3v) is 3.64. The van der Waals surface area contributed by atoms with Crippen LogP contribution in [0.2, 0.25) is 0 Å². The van der Waals surface area contributed by atoms with Crippen molar-refractivity contribution in [3.05, 3.63) is 39.6 Å². The zero-order valence-electron chi connectivity index (χ0n) is 8.84. The molecule has 1 nitrogen and oxygen atoms in total. The lowest BCUT2D eigenvalue weighted by Gasteiger charge is -1.99. The molecular weight excluding hydrogens is 289 g/mol. The summed E-state index contributed by atoms with van der Waals surface area (Å²) in [5.41, 5.74) is 1.63. The second-order valence-electron chi connectivity index (χ2n) is 3.52. The van der Waals surface area contributed by atoms with Gasteiger partial charge in [0.15, 0.2) is 0 Å². The first kappa shape index (κ1) is 11.7. The third-order valence-electron chi connectivity index (χ3n) is 2.22. The van der Waals surface area contributed by atoms with Crippen LogP contribution < -0.4 is 0 Å². The van der Waals surface area contributed by atoms with Crippen molar-refractivity contribution in [1.29, 1.82) is 0 Å². The van der Waals surface area contributed by atoms with Gasteiger partial charge in [0.1, 0.15) is 10.8 Å². The molecule has 2 rings (SSSR count). The van der Waals surface area contributed by atoms with Gasteiger partial charge >= 0.3 is 0 Å². The Morgan fingerprint density at radius 1 is 1.44 bits per heavy atom. The molecule has 0 aliphatic rings. The Hall–Kier alpha value is -0.740. The van der Waals surface area contributed by atoms with E-state index in [-0.39, 0.29) is 5.82 Å². The first-order chi connectivity index (χ1) is 7.70. The largest absolute Gasteiger partial charge is 0.241 e. The number of rotatable bonds is 3. The van der Waals surface area contributed by atoms with Crippen molar-refractivity contribution in [2.75, 3.05) is 0 Å². The average Bonchev–Trinajstić information content (AvgIpc) is 2.67. The molecule has 1 aromatic heterocycles. The van der Waals surface area contributed by atoms with Crippen molar-refractivity contribution in [3.8, 4) is 10.6 Å². The molecule has 4 heteroatoms. The van der Waals surface area contributed by atoms with Gasteiger partial charge in [0, 0.05) is 15.4 Å². The van der Waals surface area contributed by atoms with Crippen LogP contribution in [0.3, 0.4) is 0 Å². The lowest BCUT2D eigenvalue weighted by atomic mass is 10.2. The molecule has 0 saturated carbocycles. The van der Waals surface area contributed by atoms with Crippen LogP contribution in [0.15, 0.2) is 28.1 Å². The van der Waals surface area contributed by atoms with E-state index in [9.17, 15) is 4.39 Å². The molecule has 0 saturated heterocycles. The summed E-state index contributed by atoms with van der Waals surface area (Å²) in [6, 6.07) is 5.06. The van der Waals surface area contributed by atoms with Crippen LogP contribution in [-0.2, 0) is 6.42 Å². The number of hydrogen-bond donors (Lipinski definition) is 0. The van der Waals surface area contributed by atoms with Crippen LogP contribution in [0.4, 0.5) is 4.39 Å². The maximum atomic E-state index is 13.7. The number of benzene rings is 1. The third kappa shape index (κ3) is 2.50. The highest BCUT2D eigenvalue weighted by Gasteiger charge is 2.09. The number of thiazole rings is 1. The maximum absolute atomic E-state index is 13.7. The Morgan fingerprint density at radius 3 is 2.94 bits per heavy atom. The molecule has 0 fully saturated rings. The molecule has 16 heavy (non-hydrogen) atoms. The number of hydrogen-bond acceptors (Lipinski definition) is 2. The van der Waals surface area contributed by atoms with E-state index < -0.39 is 0 Å². The highest BCUT2D eigenvalue weighted by molar-refractivity contribution is 9.10. The van der Waals surface area contributed by atoms with Gasteiger partial charge in [-0.25, -0.2) is 9.37 Å². The Labute approximate surface area is 106 Å². The van der Waals surface area contributed by atoms with Gasteiger partial charge in [0.25, 0.3) is 0 Å². The molecule has 0 bridgehead atoms. The normalized spacial score (nSPS) is 10.7. The van der Waals surface area contributed by atoms with Crippen LogP contribution in [0, 0.1) is 5.82 Å². The monoisotopic (exact) mass is 299 g/mol. The second-order valence-corrected chi connectivity index (χ2v) is 5.29. The second kappa shape index (κ2) is 5.06. The van der Waals surface area contributed by atoms with Gasteiger partial charge in [-0.1, -0.05) is 29.3 Å². The van der Waals surface area contributed by atoms with Crippen molar-refractivity contribution in [1.82, 2.24) is 4.98 Å². The summed E-state index contributed by atoms with van der Waals surface area (Å²) in [5, 5.41) is 2.76. The fraction of sp³-hybridized carbons (Fsp3) is 0.250. The summed E-state index contributed by atoms with van der Waals surface area (Å²) in [4.78, 5) is 4.42. The average molecular weight is 300 g/mol. The molecule has 0 unspecified atom stereocenters. The summed E-state index contributed by atoms with van der Waals surface area (Å²) in [7, 11) is 0. The van der Waals surface area contributed by atoms with Gasteiger partial charge < -0.3 is 0 Å². The van der Waals surface area contributed by atoms with Crippen LogP contribution in [0.5, 0.6) is 0 Å². The van der Waals surface area contributed by atoms with Gasteiger partial charge in [-0.2, -0.15) is 0 Å². The maximum Gasteiger partial charge on any atom is 0.134 e. The molecule has 0 atom stereocenters. The molecule has 0 aliphatic carbocycles. The number of halogens is 2. The van der Waals surface area contributed by atoms with E-state index in [1.807, 2.05) is 11.4 Å². The van der Waals surface area contributed by atoms with E-state index in [2.05, 4.69) is 27.8 Å². The predicted molar refractivity (Wildman–Crippen MR) is 69.2 cm³/mol. The van der Waals surface area contributed by atoms with E-state index in [0.717, 1.165) is 28.0 Å². The topological polar surface area (TPSA) is 12.9 Å². The summed E-state index contributed by atoms with van der Waals surface area (Å²) in [6.07, 6.45) is 2.01. The standard InChI is InChI=1S/C12H11BrFNS/c1-2-3-9-7-16-12(15-9)10-5-4-8(13)6-11(10)14/h4-7H,2-3H2,1H3. The van der Waals surface area contributed by atoms with Crippen molar-refractivity contribution < 1.29 is 4.39 Å². The Bertz CT molecular complexity index is 496. The van der Waals surface area contributed by atoms with Crippen LogP contribution >= 0.6 is 27.3 Å². The lowest BCUT2D eigenvalue weighted by molar-refractivity contribution is 0.630. The van der Waals surface area contributed by atoms with E-state index in [1.165, 1.54) is 17.4 Å². The highest BCUT2D eigenvalue weighted by atomic mass is 79.9. The zero-order chi connectivity index (χ0) is 11.5. The molecule has 2 aromatic rings. The number of aryl methyl sites for hydroxylation is 1. The SMILES string of the molecule is CCCc1csc(-c2ccc(Br)cc2F)n1. The van der Waals surface area contributed by atoms with E-state index >= 15 is 0 Å². The molecular formula is C12H11BrFNS. The summed E-state index contributed by atoms with van der Waals surface area (Å²) in [6.45, 7) is 2.11. The Balaban J connectivity index is 2.35. The quantitative estimate of drug-likeness (QED) is 0.803. The van der Waals surface area contributed by atoms with E-state index in [4.69, 9.17) is 0 Å². The summed E-state index contributed by atoms with van der Waals surface area (Å²) >= 11 is 4.74. The minimum Gasteiger partial charge on any atom is -0.241 e. The van der Waals surface area contributed by atoms with E-state index in [1.54, 1.807) is 6.07 Å². The van der Waals surface area contributed by atoms with Crippen molar-refractivity contribution in [2.24, 2.45) is 0 Å². The van der Waals surface area contributed by atoms with Crippen LogP contribution in [-0.4, -0.2) is 4.98 Å². The Kier molecular flexibility index (Phi) is 3.71. The fourth-order valence-electron chi connectivity index (χ4n) is 1.46. The van der Waals surface area contributed by atoms with Gasteiger partial charge in [-0.15, -0.1) is 11.3 Å². The molecule has 0 amide bonds. The van der Waals surface area contributed by atoms with Crippen LogP contribution in [0.25, 0.3) is 10.6 Å². The van der Waals surface area contributed by atoms with Gasteiger partial charge in [0.2, 0.25) is 0 Å². The first-order valence-corrected chi connectivity index (χ1v) is 6.78. The van der Waals surface area contributed by atoms with Gasteiger partial charge in [-0.3, -0.25) is 0 Å². The Morgan fingerprint density at radius 2 is 2.25 bits per heavy atom. The molecule has 0 radical (unpaired) electrons. The van der Waals surface area contributed by atoms with Crippen LogP contribution in [0.1, 0.15) is 19.0 Å². The zero-order valence-corrected chi connectivity index (χ0v) is 11.2. The van der Waals surface area contributed by atoms with E-state index in [0.29, 0.717) is 5.56 Å². The highest BCUT2D eigenvalue weighted by Crippen LogP contribution is 2.28. The molecule has 1 aromatic carbocycles. The van der Waals surface area contributed by atoms with Gasteiger partial charge in [-0.05, 0) is 24.6 Å². The van der Waals surface area contributed by atoms with Crippen molar-refractivity contribution in [2.45, 2.75) is 19.8 Å². The molecule has 1 heterocycles. The predicted octanol–water partition coefficient (Wildman–Crippen LogP) is 4.66. The minimum absolute atomic E-state index is 0.230. The summed E-state index contributed by atoms with van der Waals surface area (Å²) < 4.78 is 14.4. The smallest absolute Gasteiger partial charge is 0.134 e. The number of nitrogens with zero attached hydrogens (tertiary/aromatic N) is 1. The summed E-state index contributed by atoms with van der Waals surface area (Å²) in [5.74, 6) is -0.230.